The van der Waals surface area contributed by atoms with Gasteiger partial charge in [-0.1, -0.05) is 209 Å². The maximum Gasteiger partial charge on any atom is 0.341 e. The molecule has 230 valence electrons. The first-order valence-electron chi connectivity index (χ1n) is 17.2. The third-order valence-electron chi connectivity index (χ3n) is 8.09. The lowest BCUT2D eigenvalue weighted by Gasteiger charge is -2.07. The Morgan fingerprint density at radius 1 is 0.263 bits per heavy atom. The largest absolute Gasteiger partial charge is 0.341 e. The Kier molecular flexibility index (Phi) is 34.4. The minimum absolute atomic E-state index is 0.830. The maximum absolute atomic E-state index is 5.92. The van der Waals surface area contributed by atoms with E-state index in [1.165, 1.54) is 198 Å². The second-order valence-corrected chi connectivity index (χ2v) is 22.1. The molecule has 0 aliphatic heterocycles. The summed E-state index contributed by atoms with van der Waals surface area (Å²) in [5.74, 6) is 0. The van der Waals surface area contributed by atoms with E-state index in [4.69, 9.17) is 33.2 Å². The van der Waals surface area contributed by atoms with Gasteiger partial charge < -0.3 is 0 Å². The predicted octanol–water partition coefficient (Wildman–Crippen LogP) is 15.1. The highest BCUT2D eigenvalue weighted by atomic mass is 79.9. The molecule has 0 aromatic heterocycles. The third kappa shape index (κ3) is 37.6. The van der Waals surface area contributed by atoms with Gasteiger partial charge in [0.2, 0.25) is 0 Å². The van der Waals surface area contributed by atoms with Crippen molar-refractivity contribution in [2.45, 2.75) is 205 Å². The molecule has 0 spiro atoms. The minimum atomic E-state index is -2.37. The van der Waals surface area contributed by atoms with E-state index in [0.29, 0.717) is 0 Å². The van der Waals surface area contributed by atoms with Crippen LogP contribution in [0.2, 0.25) is 6.04 Å². The van der Waals surface area contributed by atoms with Crippen LogP contribution in [0, 0.1) is 0 Å². The SMILES string of the molecule is Cl[Si](Cl)(Cl)CCCCCCCCCCCCCCCCCCCCCCCCCCCCCCCCCBr. The lowest BCUT2D eigenvalue weighted by molar-refractivity contribution is 0.513. The zero-order valence-electron chi connectivity index (χ0n) is 25.3. The maximum atomic E-state index is 5.92. The summed E-state index contributed by atoms with van der Waals surface area (Å²) in [6, 6.07) is -1.54. The molecular formula is C33H66BrCl3Si. The monoisotopic (exact) mass is 674 g/mol. The lowest BCUT2D eigenvalue weighted by Crippen LogP contribution is -2.07. The van der Waals surface area contributed by atoms with Crippen LogP contribution in [0.3, 0.4) is 0 Å². The molecule has 0 heterocycles. The molecule has 0 amide bonds. The third-order valence-corrected chi connectivity index (χ3v) is 11.3. The second kappa shape index (κ2) is 33.1. The molecule has 0 unspecified atom stereocenters. The number of hydrogen-bond donors (Lipinski definition) is 0. The van der Waals surface area contributed by atoms with Crippen molar-refractivity contribution in [3.63, 3.8) is 0 Å². The number of halogens is 4. The summed E-state index contributed by atoms with van der Waals surface area (Å²) in [5, 5.41) is 1.18. The molecule has 0 atom stereocenters. The van der Waals surface area contributed by atoms with Crippen LogP contribution < -0.4 is 0 Å². The minimum Gasteiger partial charge on any atom is -0.126 e. The highest BCUT2D eigenvalue weighted by Crippen LogP contribution is 2.27. The fourth-order valence-corrected chi connectivity index (χ4v) is 7.80. The van der Waals surface area contributed by atoms with Crippen molar-refractivity contribution >= 4 is 55.2 Å². The molecule has 0 nitrogen and oxygen atoms in total. The van der Waals surface area contributed by atoms with E-state index in [1.807, 2.05) is 0 Å². The summed E-state index contributed by atoms with van der Waals surface area (Å²) in [7, 11) is 0. The Morgan fingerprint density at radius 3 is 0.579 bits per heavy atom. The summed E-state index contributed by atoms with van der Waals surface area (Å²) < 4.78 is 0. The van der Waals surface area contributed by atoms with Gasteiger partial charge >= 0.3 is 6.00 Å². The topological polar surface area (TPSA) is 0 Å². The summed E-state index contributed by atoms with van der Waals surface area (Å²) in [6.45, 7) is 0. The average molecular weight is 677 g/mol. The molecule has 5 heteroatoms. The van der Waals surface area contributed by atoms with Crippen molar-refractivity contribution in [1.82, 2.24) is 0 Å². The molecular weight excluding hydrogens is 611 g/mol. The second-order valence-electron chi connectivity index (χ2n) is 12.0. The van der Waals surface area contributed by atoms with Crippen molar-refractivity contribution in [3.05, 3.63) is 0 Å². The van der Waals surface area contributed by atoms with Crippen LogP contribution in [-0.2, 0) is 0 Å². The van der Waals surface area contributed by atoms with Crippen molar-refractivity contribution < 1.29 is 0 Å². The summed E-state index contributed by atoms with van der Waals surface area (Å²) in [4.78, 5) is 0. The summed E-state index contributed by atoms with van der Waals surface area (Å²) >= 11 is 21.3. The molecule has 0 aliphatic carbocycles. The fourth-order valence-electron chi connectivity index (χ4n) is 5.55. The van der Waals surface area contributed by atoms with E-state index in [-0.39, 0.29) is 0 Å². The predicted molar refractivity (Wildman–Crippen MR) is 185 cm³/mol. The van der Waals surface area contributed by atoms with Gasteiger partial charge in [0.15, 0.2) is 0 Å². The first-order valence-corrected chi connectivity index (χ1v) is 23.6. The van der Waals surface area contributed by atoms with E-state index in [9.17, 15) is 0 Å². The summed E-state index contributed by atoms with van der Waals surface area (Å²) in [6.07, 6.45) is 44.3. The molecule has 0 aliphatic rings. The standard InChI is InChI=1S/C33H66BrCl3Si/c34-32-30-28-26-24-22-20-18-16-14-12-10-8-6-4-2-1-3-5-7-9-11-13-15-17-19-21-23-25-27-29-31-33-38(35,36)37/h1-33H2. The van der Waals surface area contributed by atoms with Crippen LogP contribution in [0.5, 0.6) is 0 Å². The molecule has 0 fully saturated rings. The molecule has 0 rings (SSSR count). The molecule has 0 N–H and O–H groups in total. The number of rotatable bonds is 33. The van der Waals surface area contributed by atoms with E-state index < -0.39 is 6.00 Å². The van der Waals surface area contributed by atoms with Gasteiger partial charge in [0.1, 0.15) is 0 Å². The van der Waals surface area contributed by atoms with Gasteiger partial charge in [-0.15, -0.1) is 33.2 Å². The van der Waals surface area contributed by atoms with Crippen LogP contribution >= 0.6 is 49.2 Å². The summed E-state index contributed by atoms with van der Waals surface area (Å²) in [5.41, 5.74) is 0. The van der Waals surface area contributed by atoms with Gasteiger partial charge in [-0.25, -0.2) is 0 Å². The number of alkyl halides is 1. The molecule has 0 saturated carbocycles. The van der Waals surface area contributed by atoms with Crippen molar-refractivity contribution in [2.24, 2.45) is 0 Å². The lowest BCUT2D eigenvalue weighted by atomic mass is 10.0. The Labute approximate surface area is 264 Å². The van der Waals surface area contributed by atoms with Crippen LogP contribution in [0.4, 0.5) is 0 Å². The Balaban J connectivity index is 3.04. The van der Waals surface area contributed by atoms with Gasteiger partial charge in [0.05, 0.1) is 0 Å². The molecule has 0 saturated heterocycles. The van der Waals surface area contributed by atoms with Gasteiger partial charge in [-0.2, -0.15) is 0 Å². The van der Waals surface area contributed by atoms with Crippen LogP contribution in [0.25, 0.3) is 0 Å². The van der Waals surface area contributed by atoms with Crippen molar-refractivity contribution in [2.75, 3.05) is 5.33 Å². The smallest absolute Gasteiger partial charge is 0.126 e. The highest BCUT2D eigenvalue weighted by Gasteiger charge is 2.23. The molecule has 0 aromatic carbocycles. The molecule has 38 heavy (non-hydrogen) atoms. The van der Waals surface area contributed by atoms with E-state index in [0.717, 1.165) is 12.5 Å². The van der Waals surface area contributed by atoms with E-state index in [2.05, 4.69) is 15.9 Å². The van der Waals surface area contributed by atoms with Gasteiger partial charge in [-0.3, -0.25) is 0 Å². The van der Waals surface area contributed by atoms with Gasteiger partial charge in [0, 0.05) is 5.33 Å². The first kappa shape index (κ1) is 39.6. The highest BCUT2D eigenvalue weighted by molar-refractivity contribution is 9.09. The van der Waals surface area contributed by atoms with Crippen LogP contribution in [-0.4, -0.2) is 11.3 Å². The number of unbranched alkanes of at least 4 members (excludes halogenated alkanes) is 30. The van der Waals surface area contributed by atoms with Gasteiger partial charge in [-0.05, 0) is 12.5 Å². The normalized spacial score (nSPS) is 12.0. The molecule has 0 bridgehead atoms. The number of hydrogen-bond acceptors (Lipinski definition) is 0. The van der Waals surface area contributed by atoms with Crippen LogP contribution in [0.1, 0.15) is 199 Å². The van der Waals surface area contributed by atoms with Gasteiger partial charge in [0.25, 0.3) is 0 Å². The van der Waals surface area contributed by atoms with Crippen molar-refractivity contribution in [1.29, 1.82) is 0 Å². The fraction of sp³-hybridized carbons (Fsp3) is 1.00. The van der Waals surface area contributed by atoms with E-state index in [1.54, 1.807) is 0 Å². The Hall–Kier alpha value is 1.57. The zero-order chi connectivity index (χ0) is 27.8. The Bertz CT molecular complexity index is 431. The van der Waals surface area contributed by atoms with Crippen molar-refractivity contribution in [3.8, 4) is 0 Å². The zero-order valence-corrected chi connectivity index (χ0v) is 30.2. The molecule has 0 aromatic rings. The van der Waals surface area contributed by atoms with E-state index >= 15 is 0 Å². The van der Waals surface area contributed by atoms with Crippen LogP contribution in [0.15, 0.2) is 0 Å². The molecule has 0 radical (unpaired) electrons. The Morgan fingerprint density at radius 2 is 0.421 bits per heavy atom. The average Bonchev–Trinajstić information content (AvgIpc) is 2.88. The quantitative estimate of drug-likeness (QED) is 0.0281. The first-order chi connectivity index (χ1) is 18.6.